The van der Waals surface area contributed by atoms with Crippen molar-refractivity contribution in [2.75, 3.05) is 7.05 Å². The summed E-state index contributed by atoms with van der Waals surface area (Å²) in [4.78, 5) is 12.1. The largest absolute Gasteiger partial charge is 0.344 e. The second-order valence-corrected chi connectivity index (χ2v) is 4.97. The Labute approximate surface area is 91.9 Å². The van der Waals surface area contributed by atoms with Gasteiger partial charge in [0, 0.05) is 13.6 Å². The third-order valence-corrected chi connectivity index (χ3v) is 2.43. The third kappa shape index (κ3) is 3.39. The van der Waals surface area contributed by atoms with Gasteiger partial charge in [-0.15, -0.1) is 0 Å². The lowest BCUT2D eigenvalue weighted by Gasteiger charge is -2.19. The van der Waals surface area contributed by atoms with Crippen LogP contribution in [0.25, 0.3) is 0 Å². The van der Waals surface area contributed by atoms with Gasteiger partial charge in [0.15, 0.2) is 0 Å². The molecule has 0 radical (unpaired) electrons. The summed E-state index contributed by atoms with van der Waals surface area (Å²) in [5, 5.41) is 0. The Kier molecular flexibility index (Phi) is 3.51. The summed E-state index contributed by atoms with van der Waals surface area (Å²) >= 11 is 0. The maximum absolute atomic E-state index is 10.5. The van der Waals surface area contributed by atoms with Gasteiger partial charge in [-0.1, -0.05) is 45.0 Å². The fourth-order valence-electron chi connectivity index (χ4n) is 1.44. The number of rotatable bonds is 3. The zero-order chi connectivity index (χ0) is 11.5. The average molecular weight is 205 g/mol. The van der Waals surface area contributed by atoms with E-state index in [1.807, 2.05) is 0 Å². The molecule has 0 spiro atoms. The molecule has 0 N–H and O–H groups in total. The summed E-state index contributed by atoms with van der Waals surface area (Å²) < 4.78 is 0. The van der Waals surface area contributed by atoms with Crippen LogP contribution < -0.4 is 0 Å². The predicted octanol–water partition coefficient (Wildman–Crippen LogP) is 2.57. The van der Waals surface area contributed by atoms with E-state index >= 15 is 0 Å². The molecule has 0 aliphatic heterocycles. The lowest BCUT2D eigenvalue weighted by molar-refractivity contribution is -0.117. The topological polar surface area (TPSA) is 20.3 Å². The van der Waals surface area contributed by atoms with Crippen LogP contribution in [0.15, 0.2) is 24.3 Å². The molecule has 15 heavy (non-hydrogen) atoms. The number of hydrogen-bond donors (Lipinski definition) is 0. The summed E-state index contributed by atoms with van der Waals surface area (Å²) in [6.07, 6.45) is 0.845. The van der Waals surface area contributed by atoms with Crippen molar-refractivity contribution < 1.29 is 4.79 Å². The molecule has 0 bridgehead atoms. The van der Waals surface area contributed by atoms with Gasteiger partial charge in [0.2, 0.25) is 6.41 Å². The molecule has 82 valence electrons. The van der Waals surface area contributed by atoms with Gasteiger partial charge in [-0.25, -0.2) is 0 Å². The van der Waals surface area contributed by atoms with Crippen molar-refractivity contribution in [3.8, 4) is 0 Å². The molecule has 2 nitrogen and oxygen atoms in total. The third-order valence-electron chi connectivity index (χ3n) is 2.43. The van der Waals surface area contributed by atoms with Crippen molar-refractivity contribution in [3.05, 3.63) is 35.4 Å². The Hall–Kier alpha value is -1.31. The van der Waals surface area contributed by atoms with Gasteiger partial charge in [0.1, 0.15) is 0 Å². The Morgan fingerprint density at radius 1 is 1.20 bits per heavy atom. The molecule has 0 unspecified atom stereocenters. The maximum atomic E-state index is 10.5. The van der Waals surface area contributed by atoms with E-state index in [1.165, 1.54) is 5.56 Å². The smallest absolute Gasteiger partial charge is 0.209 e. The van der Waals surface area contributed by atoms with Crippen LogP contribution in [0.3, 0.4) is 0 Å². The van der Waals surface area contributed by atoms with Crippen LogP contribution in [0.5, 0.6) is 0 Å². The lowest BCUT2D eigenvalue weighted by Crippen LogP contribution is -2.15. The van der Waals surface area contributed by atoms with Gasteiger partial charge in [-0.3, -0.25) is 4.79 Å². The summed E-state index contributed by atoms with van der Waals surface area (Å²) in [5.41, 5.74) is 2.67. The number of benzene rings is 1. The Morgan fingerprint density at radius 3 is 2.13 bits per heavy atom. The van der Waals surface area contributed by atoms with Crippen LogP contribution in [0, 0.1) is 0 Å². The summed E-state index contributed by atoms with van der Waals surface area (Å²) in [6.45, 7) is 7.26. The van der Waals surface area contributed by atoms with Crippen LogP contribution in [0.2, 0.25) is 0 Å². The average Bonchev–Trinajstić information content (AvgIpc) is 2.17. The van der Waals surface area contributed by atoms with E-state index in [0.717, 1.165) is 12.0 Å². The first-order valence-electron chi connectivity index (χ1n) is 5.18. The fraction of sp³-hybridized carbons (Fsp3) is 0.462. The molecular formula is C13H19NO. The highest BCUT2D eigenvalue weighted by atomic mass is 16.1. The molecule has 1 amide bonds. The summed E-state index contributed by atoms with van der Waals surface area (Å²) in [7, 11) is 1.78. The molecular weight excluding hydrogens is 186 g/mol. The highest BCUT2D eigenvalue weighted by Crippen LogP contribution is 2.22. The van der Waals surface area contributed by atoms with E-state index in [9.17, 15) is 4.79 Å². The van der Waals surface area contributed by atoms with Gasteiger partial charge >= 0.3 is 0 Å². The van der Waals surface area contributed by atoms with Crippen LogP contribution in [0.4, 0.5) is 0 Å². The molecule has 0 saturated carbocycles. The molecule has 0 saturated heterocycles. The molecule has 1 aromatic rings. The zero-order valence-electron chi connectivity index (χ0n) is 9.95. The predicted molar refractivity (Wildman–Crippen MR) is 62.7 cm³/mol. The van der Waals surface area contributed by atoms with E-state index in [0.29, 0.717) is 6.54 Å². The van der Waals surface area contributed by atoms with Crippen molar-refractivity contribution in [2.24, 2.45) is 0 Å². The number of nitrogens with zero attached hydrogens (tertiary/aromatic N) is 1. The SMILES string of the molecule is CN(C=O)Cc1ccc(C(C)(C)C)cc1. The van der Waals surface area contributed by atoms with Crippen molar-refractivity contribution in [3.63, 3.8) is 0 Å². The number of carbonyl (C=O) groups excluding carboxylic acids is 1. The molecule has 2 heteroatoms. The van der Waals surface area contributed by atoms with Crippen molar-refractivity contribution in [1.29, 1.82) is 0 Å². The molecule has 0 aliphatic rings. The maximum Gasteiger partial charge on any atom is 0.209 e. The molecule has 0 aromatic heterocycles. The van der Waals surface area contributed by atoms with E-state index in [-0.39, 0.29) is 5.41 Å². The minimum Gasteiger partial charge on any atom is -0.344 e. The first-order chi connectivity index (χ1) is 6.93. The highest BCUT2D eigenvalue weighted by molar-refractivity contribution is 5.46. The Bertz CT molecular complexity index is 321. The molecule has 0 aliphatic carbocycles. The molecule has 0 atom stereocenters. The van der Waals surface area contributed by atoms with Crippen LogP contribution in [0.1, 0.15) is 31.9 Å². The van der Waals surface area contributed by atoms with Crippen molar-refractivity contribution in [2.45, 2.75) is 32.7 Å². The molecule has 0 fully saturated rings. The second-order valence-electron chi connectivity index (χ2n) is 4.97. The Balaban J connectivity index is 2.77. The van der Waals surface area contributed by atoms with Gasteiger partial charge < -0.3 is 4.90 Å². The van der Waals surface area contributed by atoms with E-state index in [2.05, 4.69) is 45.0 Å². The lowest BCUT2D eigenvalue weighted by atomic mass is 9.87. The summed E-state index contributed by atoms with van der Waals surface area (Å²) in [5.74, 6) is 0. The second kappa shape index (κ2) is 4.47. The quantitative estimate of drug-likeness (QED) is 0.694. The Morgan fingerprint density at radius 2 is 1.73 bits per heavy atom. The van der Waals surface area contributed by atoms with Gasteiger partial charge in [-0.2, -0.15) is 0 Å². The number of carbonyl (C=O) groups is 1. The van der Waals surface area contributed by atoms with Crippen molar-refractivity contribution in [1.82, 2.24) is 4.90 Å². The van der Waals surface area contributed by atoms with Crippen molar-refractivity contribution >= 4 is 6.41 Å². The fourth-order valence-corrected chi connectivity index (χ4v) is 1.44. The van der Waals surface area contributed by atoms with Crippen LogP contribution >= 0.6 is 0 Å². The number of hydrogen-bond acceptors (Lipinski definition) is 1. The first kappa shape index (κ1) is 11.8. The van der Waals surface area contributed by atoms with E-state index in [4.69, 9.17) is 0 Å². The standard InChI is InChI=1S/C13H19NO/c1-13(2,3)12-7-5-11(6-8-12)9-14(4)10-15/h5-8,10H,9H2,1-4H3. The minimum absolute atomic E-state index is 0.190. The minimum atomic E-state index is 0.190. The molecule has 1 aromatic carbocycles. The van der Waals surface area contributed by atoms with Gasteiger partial charge in [0.25, 0.3) is 0 Å². The van der Waals surface area contributed by atoms with Gasteiger partial charge in [-0.05, 0) is 16.5 Å². The first-order valence-corrected chi connectivity index (χ1v) is 5.18. The highest BCUT2D eigenvalue weighted by Gasteiger charge is 2.12. The van der Waals surface area contributed by atoms with Gasteiger partial charge in [0.05, 0.1) is 0 Å². The molecule has 1 rings (SSSR count). The monoisotopic (exact) mass is 205 g/mol. The van der Waals surface area contributed by atoms with E-state index < -0.39 is 0 Å². The number of amides is 1. The van der Waals surface area contributed by atoms with Crippen LogP contribution in [-0.2, 0) is 16.8 Å². The summed E-state index contributed by atoms with van der Waals surface area (Å²) in [6, 6.07) is 8.43. The van der Waals surface area contributed by atoms with Crippen LogP contribution in [-0.4, -0.2) is 18.4 Å². The molecule has 0 heterocycles. The van der Waals surface area contributed by atoms with E-state index in [1.54, 1.807) is 11.9 Å². The zero-order valence-corrected chi connectivity index (χ0v) is 9.95. The normalized spacial score (nSPS) is 11.2.